The lowest BCUT2D eigenvalue weighted by atomic mass is 9.47. The number of nitrogens with zero attached hydrogens (tertiary/aromatic N) is 1. The molecule has 144 valence electrons. The minimum absolute atomic E-state index is 0.0852. The Morgan fingerprint density at radius 2 is 1.74 bits per heavy atom. The molecule has 5 aliphatic rings. The van der Waals surface area contributed by atoms with E-state index in [2.05, 4.69) is 21.4 Å². The molecule has 4 saturated carbocycles. The van der Waals surface area contributed by atoms with Gasteiger partial charge in [-0.1, -0.05) is 29.8 Å². The van der Waals surface area contributed by atoms with Gasteiger partial charge in [0.1, 0.15) is 6.04 Å². The molecule has 3 N–H and O–H groups in total. The molecule has 1 heterocycles. The van der Waals surface area contributed by atoms with Crippen molar-refractivity contribution in [3.05, 3.63) is 34.9 Å². The highest BCUT2D eigenvalue weighted by Crippen LogP contribution is 2.61. The molecule has 1 aromatic rings. The first kappa shape index (κ1) is 17.7. The van der Waals surface area contributed by atoms with Crippen LogP contribution in [0, 0.1) is 23.2 Å². The standard InChI is InChI=1S/C21H27ClN4O/c22-17-4-2-1-3-16(17)12-23-26-20(27)18-8-19(25-24-18)21-9-13-5-14(10-21)7-15(6-13)11-21/h1-4,12-15,18-19,24-25H,5-11H2,(H,26,27)/b23-12+. The molecule has 4 bridgehead atoms. The molecule has 0 spiro atoms. The molecule has 0 radical (unpaired) electrons. The summed E-state index contributed by atoms with van der Waals surface area (Å²) in [7, 11) is 0. The summed E-state index contributed by atoms with van der Waals surface area (Å²) >= 11 is 6.11. The first-order valence-corrected chi connectivity index (χ1v) is 10.6. The Morgan fingerprint density at radius 3 is 2.41 bits per heavy atom. The molecule has 0 aromatic heterocycles. The van der Waals surface area contributed by atoms with Crippen LogP contribution in [0.15, 0.2) is 29.4 Å². The maximum atomic E-state index is 12.5. The molecule has 5 nitrogen and oxygen atoms in total. The number of rotatable bonds is 4. The molecule has 5 fully saturated rings. The van der Waals surface area contributed by atoms with Crippen LogP contribution in [0.1, 0.15) is 50.5 Å². The summed E-state index contributed by atoms with van der Waals surface area (Å²) in [6.45, 7) is 0. The van der Waals surface area contributed by atoms with E-state index in [0.717, 1.165) is 29.7 Å². The van der Waals surface area contributed by atoms with Crippen molar-refractivity contribution >= 4 is 23.7 Å². The van der Waals surface area contributed by atoms with Gasteiger partial charge in [-0.2, -0.15) is 5.10 Å². The van der Waals surface area contributed by atoms with Crippen LogP contribution in [0.3, 0.4) is 0 Å². The second-order valence-corrected chi connectivity index (χ2v) is 9.57. The number of hydrazine groups is 1. The van der Waals surface area contributed by atoms with Crippen LogP contribution < -0.4 is 16.3 Å². The van der Waals surface area contributed by atoms with Gasteiger partial charge in [0.2, 0.25) is 0 Å². The van der Waals surface area contributed by atoms with Gasteiger partial charge in [-0.15, -0.1) is 0 Å². The van der Waals surface area contributed by atoms with Crippen LogP contribution in [0.25, 0.3) is 0 Å². The second kappa shape index (κ2) is 6.87. The summed E-state index contributed by atoms with van der Waals surface area (Å²) in [6.07, 6.45) is 10.8. The van der Waals surface area contributed by atoms with E-state index < -0.39 is 0 Å². The number of hydrogen-bond acceptors (Lipinski definition) is 4. The molecular formula is C21H27ClN4O. The molecule has 27 heavy (non-hydrogen) atoms. The predicted octanol–water partition coefficient (Wildman–Crippen LogP) is 3.24. The fourth-order valence-electron chi connectivity index (χ4n) is 6.56. The minimum atomic E-state index is -0.230. The van der Waals surface area contributed by atoms with E-state index in [4.69, 9.17) is 11.6 Å². The Morgan fingerprint density at radius 1 is 1.07 bits per heavy atom. The zero-order valence-electron chi connectivity index (χ0n) is 15.5. The fraction of sp³-hybridized carbons (Fsp3) is 0.619. The third kappa shape index (κ3) is 3.30. The number of hydrazone groups is 1. The van der Waals surface area contributed by atoms with Crippen LogP contribution >= 0.6 is 11.6 Å². The highest BCUT2D eigenvalue weighted by Gasteiger charge is 2.55. The van der Waals surface area contributed by atoms with E-state index in [-0.39, 0.29) is 11.9 Å². The van der Waals surface area contributed by atoms with Gasteiger partial charge in [0.15, 0.2) is 0 Å². The number of amides is 1. The van der Waals surface area contributed by atoms with Crippen LogP contribution in [0.2, 0.25) is 5.02 Å². The first-order valence-electron chi connectivity index (χ1n) is 10.2. The summed E-state index contributed by atoms with van der Waals surface area (Å²) in [5.74, 6) is 2.68. The third-order valence-corrected chi connectivity index (χ3v) is 7.67. The highest BCUT2D eigenvalue weighted by atomic mass is 35.5. The molecule has 1 aromatic carbocycles. The Labute approximate surface area is 165 Å². The quantitative estimate of drug-likeness (QED) is 0.549. The lowest BCUT2D eigenvalue weighted by Gasteiger charge is -2.59. The summed E-state index contributed by atoms with van der Waals surface area (Å²) in [4.78, 5) is 12.5. The number of carbonyl (C=O) groups excluding carboxylic acids is 1. The third-order valence-electron chi connectivity index (χ3n) is 7.33. The zero-order chi connectivity index (χ0) is 18.4. The molecule has 2 unspecified atom stereocenters. The van der Waals surface area contributed by atoms with E-state index in [1.165, 1.54) is 38.5 Å². The van der Waals surface area contributed by atoms with Gasteiger partial charge in [0.05, 0.1) is 6.21 Å². The summed E-state index contributed by atoms with van der Waals surface area (Å²) < 4.78 is 0. The molecule has 1 amide bonds. The van der Waals surface area contributed by atoms with Crippen molar-refractivity contribution in [1.29, 1.82) is 0 Å². The Kier molecular flexibility index (Phi) is 4.49. The van der Waals surface area contributed by atoms with Crippen molar-refractivity contribution in [3.63, 3.8) is 0 Å². The predicted molar refractivity (Wildman–Crippen MR) is 106 cm³/mol. The van der Waals surface area contributed by atoms with E-state index in [0.29, 0.717) is 16.5 Å². The van der Waals surface area contributed by atoms with Crippen LogP contribution in [-0.2, 0) is 4.79 Å². The fourth-order valence-corrected chi connectivity index (χ4v) is 6.74. The maximum absolute atomic E-state index is 12.5. The monoisotopic (exact) mass is 386 g/mol. The van der Waals surface area contributed by atoms with Gasteiger partial charge in [0.25, 0.3) is 5.91 Å². The molecule has 4 aliphatic carbocycles. The van der Waals surface area contributed by atoms with Crippen LogP contribution in [0.5, 0.6) is 0 Å². The Balaban J connectivity index is 1.20. The Hall–Kier alpha value is -1.43. The lowest BCUT2D eigenvalue weighted by molar-refractivity contribution is -0.123. The van der Waals surface area contributed by atoms with Crippen molar-refractivity contribution in [2.75, 3.05) is 0 Å². The normalized spacial score (nSPS) is 40.0. The smallest absolute Gasteiger partial charge is 0.258 e. The molecular weight excluding hydrogens is 360 g/mol. The van der Waals surface area contributed by atoms with Crippen molar-refractivity contribution in [1.82, 2.24) is 16.3 Å². The maximum Gasteiger partial charge on any atom is 0.258 e. The number of benzene rings is 1. The zero-order valence-corrected chi connectivity index (χ0v) is 16.2. The van der Waals surface area contributed by atoms with Crippen molar-refractivity contribution in [2.45, 2.75) is 57.0 Å². The van der Waals surface area contributed by atoms with E-state index in [9.17, 15) is 4.79 Å². The topological polar surface area (TPSA) is 65.5 Å². The second-order valence-electron chi connectivity index (χ2n) is 9.17. The minimum Gasteiger partial charge on any atom is -0.271 e. The van der Waals surface area contributed by atoms with Crippen LogP contribution in [0.4, 0.5) is 0 Å². The van der Waals surface area contributed by atoms with Crippen molar-refractivity contribution in [2.24, 2.45) is 28.3 Å². The van der Waals surface area contributed by atoms with Crippen molar-refractivity contribution < 1.29 is 4.79 Å². The van der Waals surface area contributed by atoms with Gasteiger partial charge in [-0.25, -0.2) is 10.9 Å². The average Bonchev–Trinajstić information content (AvgIpc) is 3.13. The number of nitrogens with one attached hydrogen (secondary N) is 3. The average molecular weight is 387 g/mol. The van der Waals surface area contributed by atoms with E-state index in [1.807, 2.05) is 24.3 Å². The molecule has 2 atom stereocenters. The van der Waals surface area contributed by atoms with Gasteiger partial charge in [-0.05, 0) is 74.2 Å². The Bertz CT molecular complexity index is 729. The largest absolute Gasteiger partial charge is 0.271 e. The van der Waals surface area contributed by atoms with Crippen molar-refractivity contribution in [3.8, 4) is 0 Å². The summed E-state index contributed by atoms with van der Waals surface area (Å²) in [6, 6.07) is 7.62. The number of halogens is 1. The van der Waals surface area contributed by atoms with Crippen LogP contribution in [-0.4, -0.2) is 24.2 Å². The number of hydrogen-bond donors (Lipinski definition) is 3. The number of carbonyl (C=O) groups is 1. The molecule has 1 saturated heterocycles. The van der Waals surface area contributed by atoms with E-state index in [1.54, 1.807) is 6.21 Å². The van der Waals surface area contributed by atoms with E-state index >= 15 is 0 Å². The SMILES string of the molecule is O=C(N/N=C/c1ccccc1Cl)C1CC(C23CC4CC(CC(C4)C2)C3)NN1. The van der Waals surface area contributed by atoms with Gasteiger partial charge in [0, 0.05) is 16.6 Å². The van der Waals surface area contributed by atoms with Gasteiger partial charge < -0.3 is 0 Å². The first-order chi connectivity index (χ1) is 13.1. The highest BCUT2D eigenvalue weighted by molar-refractivity contribution is 6.33. The van der Waals surface area contributed by atoms with Gasteiger partial charge in [-0.3, -0.25) is 10.2 Å². The summed E-state index contributed by atoms with van der Waals surface area (Å²) in [5.41, 5.74) is 10.6. The molecule has 1 aliphatic heterocycles. The lowest BCUT2D eigenvalue weighted by Crippen LogP contribution is -2.55. The molecule has 6 heteroatoms. The molecule has 6 rings (SSSR count). The summed E-state index contributed by atoms with van der Waals surface area (Å²) in [5, 5.41) is 4.71. The van der Waals surface area contributed by atoms with Gasteiger partial charge >= 0.3 is 0 Å².